The van der Waals surface area contributed by atoms with Gasteiger partial charge in [0.2, 0.25) is 0 Å². The van der Waals surface area contributed by atoms with Crippen LogP contribution in [0.25, 0.3) is 10.9 Å². The summed E-state index contributed by atoms with van der Waals surface area (Å²) in [6.07, 6.45) is 1.93. The second kappa shape index (κ2) is 6.91. The van der Waals surface area contributed by atoms with Gasteiger partial charge in [0.1, 0.15) is 16.7 Å². The molecule has 3 rings (SSSR count). The first kappa shape index (κ1) is 15.7. The maximum atomic E-state index is 9.56. The van der Waals surface area contributed by atoms with E-state index in [0.29, 0.717) is 17.1 Å². The van der Waals surface area contributed by atoms with Crippen LogP contribution in [0.3, 0.4) is 0 Å². The highest BCUT2D eigenvalue weighted by atomic mass is 35.5. The number of pyridine rings is 1. The molecule has 5 heteroatoms. The Labute approximate surface area is 144 Å². The van der Waals surface area contributed by atoms with E-state index in [2.05, 4.69) is 16.4 Å². The monoisotopic (exact) mass is 339 g/mol. The third-order valence-corrected chi connectivity index (χ3v) is 4.48. The summed E-state index contributed by atoms with van der Waals surface area (Å²) < 4.78 is 0. The number of benzene rings is 2. The van der Waals surface area contributed by atoms with Gasteiger partial charge < -0.3 is 5.32 Å². The minimum atomic E-state index is 0.588. The van der Waals surface area contributed by atoms with Gasteiger partial charge in [0.15, 0.2) is 0 Å². The highest BCUT2D eigenvalue weighted by Gasteiger charge is 2.14. The Hall–Kier alpha value is -2.22. The predicted octanol–water partition coefficient (Wildman–Crippen LogP) is 5.09. The maximum absolute atomic E-state index is 9.56. The number of halogens is 1. The third-order valence-electron chi connectivity index (χ3n) is 3.55. The van der Waals surface area contributed by atoms with Crippen LogP contribution in [0.2, 0.25) is 5.02 Å². The summed E-state index contributed by atoms with van der Waals surface area (Å²) in [6, 6.07) is 17.8. The average molecular weight is 340 g/mol. The van der Waals surface area contributed by atoms with Gasteiger partial charge in [-0.25, -0.2) is 4.98 Å². The fourth-order valence-electron chi connectivity index (χ4n) is 2.42. The second-order valence-corrected chi connectivity index (χ2v) is 6.21. The zero-order valence-corrected chi connectivity index (χ0v) is 14.1. The van der Waals surface area contributed by atoms with Gasteiger partial charge in [-0.15, -0.1) is 11.8 Å². The Kier molecular flexibility index (Phi) is 4.71. The van der Waals surface area contributed by atoms with E-state index in [-0.39, 0.29) is 0 Å². The lowest BCUT2D eigenvalue weighted by atomic mass is 10.1. The fourth-order valence-corrected chi connectivity index (χ4v) is 3.08. The predicted molar refractivity (Wildman–Crippen MR) is 97.0 cm³/mol. The molecule has 0 aliphatic heterocycles. The zero-order chi connectivity index (χ0) is 16.2. The molecule has 3 nitrogen and oxygen atoms in total. The Morgan fingerprint density at radius 1 is 1.17 bits per heavy atom. The molecule has 1 heterocycles. The summed E-state index contributed by atoms with van der Waals surface area (Å²) in [5.41, 5.74) is 3.40. The molecule has 0 bridgehead atoms. The minimum absolute atomic E-state index is 0.588. The van der Waals surface area contributed by atoms with Crippen LogP contribution in [0.15, 0.2) is 53.6 Å². The number of hydrogen-bond donors (Lipinski definition) is 1. The molecule has 0 radical (unpaired) electrons. The molecule has 0 aliphatic carbocycles. The van der Waals surface area contributed by atoms with Crippen LogP contribution >= 0.6 is 23.4 Å². The van der Waals surface area contributed by atoms with Crippen molar-refractivity contribution in [2.24, 2.45) is 0 Å². The summed E-state index contributed by atoms with van der Waals surface area (Å²) in [5.74, 6) is 0. The Balaban J connectivity index is 2.04. The Morgan fingerprint density at radius 3 is 2.61 bits per heavy atom. The average Bonchev–Trinajstić information content (AvgIpc) is 2.60. The van der Waals surface area contributed by atoms with Crippen molar-refractivity contribution in [3.05, 3.63) is 64.7 Å². The van der Waals surface area contributed by atoms with Crippen molar-refractivity contribution >= 4 is 40.0 Å². The summed E-state index contributed by atoms with van der Waals surface area (Å²) in [7, 11) is 0. The molecule has 0 aliphatic rings. The van der Waals surface area contributed by atoms with Gasteiger partial charge in [0, 0.05) is 17.0 Å². The number of para-hydroxylation sites is 1. The van der Waals surface area contributed by atoms with Crippen LogP contribution < -0.4 is 5.32 Å². The van der Waals surface area contributed by atoms with Crippen LogP contribution in [0.5, 0.6) is 0 Å². The Bertz CT molecular complexity index is 885. The van der Waals surface area contributed by atoms with Gasteiger partial charge in [-0.05, 0) is 30.0 Å². The van der Waals surface area contributed by atoms with Gasteiger partial charge in [0.05, 0.1) is 11.2 Å². The molecule has 0 saturated carbocycles. The molecule has 0 fully saturated rings. The van der Waals surface area contributed by atoms with Crippen LogP contribution in [0, 0.1) is 11.3 Å². The van der Waals surface area contributed by atoms with Gasteiger partial charge >= 0.3 is 0 Å². The van der Waals surface area contributed by atoms with Crippen molar-refractivity contribution in [2.75, 3.05) is 11.6 Å². The van der Waals surface area contributed by atoms with Crippen molar-refractivity contribution in [3.63, 3.8) is 0 Å². The number of fused-ring (bicyclic) bond motifs is 1. The molecule has 23 heavy (non-hydrogen) atoms. The Morgan fingerprint density at radius 2 is 1.91 bits per heavy atom. The number of hydrogen-bond acceptors (Lipinski definition) is 4. The summed E-state index contributed by atoms with van der Waals surface area (Å²) in [6.45, 7) is 0.619. The van der Waals surface area contributed by atoms with E-state index in [1.807, 2.05) is 54.8 Å². The SMILES string of the molecule is CSc1nc2ccccc2c(NCc2ccc(Cl)cc2)c1C#N. The number of rotatable bonds is 4. The van der Waals surface area contributed by atoms with Crippen molar-refractivity contribution in [2.45, 2.75) is 11.6 Å². The van der Waals surface area contributed by atoms with Crippen molar-refractivity contribution < 1.29 is 0 Å². The van der Waals surface area contributed by atoms with Gasteiger partial charge in [0.25, 0.3) is 0 Å². The molecule has 0 amide bonds. The first-order valence-corrected chi connectivity index (χ1v) is 8.68. The standard InChI is InChI=1S/C18H14ClN3S/c1-23-18-15(10-20)17(14-4-2-3-5-16(14)22-18)21-11-12-6-8-13(19)9-7-12/h2-9H,11H2,1H3,(H,21,22). The van der Waals surface area contributed by atoms with Crippen LogP contribution in [0.4, 0.5) is 5.69 Å². The minimum Gasteiger partial charge on any atom is -0.379 e. The van der Waals surface area contributed by atoms with Gasteiger partial charge in [-0.2, -0.15) is 5.26 Å². The molecule has 1 aromatic heterocycles. The van der Waals surface area contributed by atoms with E-state index < -0.39 is 0 Å². The lowest BCUT2D eigenvalue weighted by Gasteiger charge is -2.14. The smallest absolute Gasteiger partial charge is 0.116 e. The first-order chi connectivity index (χ1) is 11.2. The number of aromatic nitrogens is 1. The molecule has 1 N–H and O–H groups in total. The molecule has 2 aromatic carbocycles. The number of nitrogens with zero attached hydrogens (tertiary/aromatic N) is 2. The number of anilines is 1. The number of nitrogens with one attached hydrogen (secondary N) is 1. The topological polar surface area (TPSA) is 48.7 Å². The van der Waals surface area contributed by atoms with E-state index in [0.717, 1.165) is 27.2 Å². The molecule has 3 aromatic rings. The largest absolute Gasteiger partial charge is 0.379 e. The third kappa shape index (κ3) is 3.26. The molecular weight excluding hydrogens is 326 g/mol. The molecule has 0 saturated heterocycles. The van der Waals surface area contributed by atoms with E-state index >= 15 is 0 Å². The molecule has 0 atom stereocenters. The normalized spacial score (nSPS) is 10.5. The summed E-state index contributed by atoms with van der Waals surface area (Å²) in [4.78, 5) is 4.57. The van der Waals surface area contributed by atoms with Crippen molar-refractivity contribution in [1.29, 1.82) is 5.26 Å². The fraction of sp³-hybridized carbons (Fsp3) is 0.111. The number of nitriles is 1. The highest BCUT2D eigenvalue weighted by Crippen LogP contribution is 2.32. The maximum Gasteiger partial charge on any atom is 0.116 e. The quantitative estimate of drug-likeness (QED) is 0.672. The summed E-state index contributed by atoms with van der Waals surface area (Å²) in [5, 5.41) is 15.4. The van der Waals surface area contributed by atoms with E-state index in [4.69, 9.17) is 11.6 Å². The highest BCUT2D eigenvalue weighted by molar-refractivity contribution is 7.98. The van der Waals surface area contributed by atoms with E-state index in [1.54, 1.807) is 0 Å². The van der Waals surface area contributed by atoms with Gasteiger partial charge in [-0.1, -0.05) is 41.9 Å². The zero-order valence-electron chi connectivity index (χ0n) is 12.5. The lowest BCUT2D eigenvalue weighted by molar-refractivity contribution is 1.11. The van der Waals surface area contributed by atoms with Crippen LogP contribution in [-0.2, 0) is 6.54 Å². The first-order valence-electron chi connectivity index (χ1n) is 7.08. The summed E-state index contributed by atoms with van der Waals surface area (Å²) >= 11 is 7.40. The second-order valence-electron chi connectivity index (χ2n) is 4.98. The van der Waals surface area contributed by atoms with Gasteiger partial charge in [-0.3, -0.25) is 0 Å². The van der Waals surface area contributed by atoms with E-state index in [9.17, 15) is 5.26 Å². The number of thioether (sulfide) groups is 1. The van der Waals surface area contributed by atoms with Crippen LogP contribution in [0.1, 0.15) is 11.1 Å². The van der Waals surface area contributed by atoms with Crippen molar-refractivity contribution in [1.82, 2.24) is 4.98 Å². The lowest BCUT2D eigenvalue weighted by Crippen LogP contribution is -2.04. The molecule has 0 spiro atoms. The van der Waals surface area contributed by atoms with E-state index in [1.165, 1.54) is 11.8 Å². The molecule has 114 valence electrons. The molecule has 0 unspecified atom stereocenters. The molecular formula is C18H14ClN3S. The van der Waals surface area contributed by atoms with Crippen molar-refractivity contribution in [3.8, 4) is 6.07 Å². The van der Waals surface area contributed by atoms with Crippen LogP contribution in [-0.4, -0.2) is 11.2 Å².